The molecule has 0 bridgehead atoms. The summed E-state index contributed by atoms with van der Waals surface area (Å²) in [4.78, 5) is 26.5. The number of carbonyl (C=O) groups excluding carboxylic acids is 2. The number of likely N-dealkylation sites (N-methyl/N-ethyl adjacent to an activating group) is 1. The van der Waals surface area contributed by atoms with Crippen LogP contribution in [0.1, 0.15) is 13.8 Å². The molecular weight excluding hydrogens is 349 g/mol. The molecule has 144 valence electrons. The number of carbonyl (C=O) groups is 2. The molecule has 0 fully saturated rings. The zero-order valence-corrected chi connectivity index (χ0v) is 15.7. The fourth-order valence-electron chi connectivity index (χ4n) is 2.53. The second-order valence-corrected chi connectivity index (χ2v) is 6.01. The Bertz CT molecular complexity index is 763. The van der Waals surface area contributed by atoms with Gasteiger partial charge in [-0.15, -0.1) is 0 Å². The number of hydrogen-bond donors (Lipinski definition) is 2. The van der Waals surface area contributed by atoms with Crippen LogP contribution in [-0.4, -0.2) is 43.0 Å². The topological polar surface area (TPSA) is 70.7 Å². The molecule has 2 aromatic rings. The van der Waals surface area contributed by atoms with Crippen molar-refractivity contribution in [2.75, 3.05) is 30.8 Å². The molecule has 7 heteroatoms. The molecular formula is C20H24FN3O3. The monoisotopic (exact) mass is 373 g/mol. The molecule has 0 aliphatic carbocycles. The first kappa shape index (κ1) is 20.4. The maximum Gasteiger partial charge on any atom is 0.241 e. The molecule has 27 heavy (non-hydrogen) atoms. The van der Waals surface area contributed by atoms with Crippen molar-refractivity contribution >= 4 is 23.2 Å². The van der Waals surface area contributed by atoms with Crippen molar-refractivity contribution in [2.24, 2.45) is 0 Å². The van der Waals surface area contributed by atoms with Crippen molar-refractivity contribution in [3.8, 4) is 5.75 Å². The number of methoxy groups -OCH3 is 1. The smallest absolute Gasteiger partial charge is 0.241 e. The predicted molar refractivity (Wildman–Crippen MR) is 103 cm³/mol. The van der Waals surface area contributed by atoms with Gasteiger partial charge in [-0.3, -0.25) is 14.5 Å². The summed E-state index contributed by atoms with van der Waals surface area (Å²) in [6, 6.07) is 12.0. The lowest BCUT2D eigenvalue weighted by molar-refractivity contribution is -0.123. The van der Waals surface area contributed by atoms with E-state index in [4.69, 9.17) is 4.74 Å². The van der Waals surface area contributed by atoms with Crippen LogP contribution in [0.3, 0.4) is 0 Å². The molecule has 0 spiro atoms. The lowest BCUT2D eigenvalue weighted by atomic mass is 10.2. The van der Waals surface area contributed by atoms with Crippen LogP contribution in [0.15, 0.2) is 48.5 Å². The third-order valence-electron chi connectivity index (χ3n) is 4.17. The van der Waals surface area contributed by atoms with Crippen molar-refractivity contribution < 1.29 is 18.7 Å². The Hall–Kier alpha value is -2.93. The van der Waals surface area contributed by atoms with E-state index in [-0.39, 0.29) is 24.2 Å². The molecule has 0 saturated carbocycles. The Balaban J connectivity index is 1.92. The van der Waals surface area contributed by atoms with Gasteiger partial charge in [-0.2, -0.15) is 0 Å². The molecule has 1 atom stereocenters. The van der Waals surface area contributed by atoms with Gasteiger partial charge in [-0.25, -0.2) is 4.39 Å². The number of nitrogens with one attached hydrogen (secondary N) is 2. The van der Waals surface area contributed by atoms with E-state index >= 15 is 0 Å². The predicted octanol–water partition coefficient (Wildman–Crippen LogP) is 3.12. The standard InChI is InChI=1S/C20H24FN3O3/c1-4-24(13-19(25)22-16-9-11-18(27-3)12-10-16)14(2)20(26)23-17-7-5-15(21)6-8-17/h5-12,14H,4,13H2,1-3H3,(H,22,25)(H,23,26). The number of nitrogens with zero attached hydrogens (tertiary/aromatic N) is 1. The lowest BCUT2D eigenvalue weighted by Gasteiger charge is -2.26. The normalized spacial score (nSPS) is 11.7. The van der Waals surface area contributed by atoms with Crippen LogP contribution in [0.5, 0.6) is 5.75 Å². The van der Waals surface area contributed by atoms with E-state index in [1.54, 1.807) is 43.2 Å². The highest BCUT2D eigenvalue weighted by Gasteiger charge is 2.22. The maximum absolute atomic E-state index is 13.0. The maximum atomic E-state index is 13.0. The molecule has 2 N–H and O–H groups in total. The number of halogens is 1. The molecule has 2 aromatic carbocycles. The van der Waals surface area contributed by atoms with Crippen LogP contribution >= 0.6 is 0 Å². The summed E-state index contributed by atoms with van der Waals surface area (Å²) in [5.74, 6) is -0.148. The minimum atomic E-state index is -0.526. The lowest BCUT2D eigenvalue weighted by Crippen LogP contribution is -2.45. The summed E-state index contributed by atoms with van der Waals surface area (Å²) in [5.41, 5.74) is 1.16. The summed E-state index contributed by atoms with van der Waals surface area (Å²) in [7, 11) is 1.57. The van der Waals surface area contributed by atoms with Crippen molar-refractivity contribution in [1.29, 1.82) is 0 Å². The quantitative estimate of drug-likeness (QED) is 0.746. The van der Waals surface area contributed by atoms with Crippen LogP contribution in [0.2, 0.25) is 0 Å². The highest BCUT2D eigenvalue weighted by molar-refractivity contribution is 5.96. The van der Waals surface area contributed by atoms with Crippen molar-refractivity contribution in [2.45, 2.75) is 19.9 Å². The highest BCUT2D eigenvalue weighted by atomic mass is 19.1. The molecule has 0 heterocycles. The Labute approximate surface area is 158 Å². The molecule has 2 rings (SSSR count). The molecule has 2 amide bonds. The van der Waals surface area contributed by atoms with E-state index in [1.165, 1.54) is 24.3 Å². The molecule has 0 saturated heterocycles. The second kappa shape index (κ2) is 9.68. The van der Waals surface area contributed by atoms with Gasteiger partial charge in [0.05, 0.1) is 19.7 Å². The Morgan fingerprint density at radius 2 is 1.59 bits per heavy atom. The third kappa shape index (κ3) is 6.07. The van der Waals surface area contributed by atoms with E-state index in [0.717, 1.165) is 0 Å². The average molecular weight is 373 g/mol. The zero-order valence-electron chi connectivity index (χ0n) is 15.7. The van der Waals surface area contributed by atoms with Crippen LogP contribution in [-0.2, 0) is 9.59 Å². The van der Waals surface area contributed by atoms with Gasteiger partial charge in [-0.05, 0) is 62.0 Å². The van der Waals surface area contributed by atoms with Gasteiger partial charge in [0.25, 0.3) is 0 Å². The summed E-state index contributed by atoms with van der Waals surface area (Å²) in [5, 5.41) is 5.52. The summed E-state index contributed by atoms with van der Waals surface area (Å²) in [6.07, 6.45) is 0. The Kier molecular flexibility index (Phi) is 7.31. The highest BCUT2D eigenvalue weighted by Crippen LogP contribution is 2.15. The number of hydrogen-bond acceptors (Lipinski definition) is 4. The van der Waals surface area contributed by atoms with Gasteiger partial charge in [0.15, 0.2) is 0 Å². The summed E-state index contributed by atoms with van der Waals surface area (Å²) >= 11 is 0. The number of anilines is 2. The van der Waals surface area contributed by atoms with E-state index in [1.807, 2.05) is 6.92 Å². The fourth-order valence-corrected chi connectivity index (χ4v) is 2.53. The van der Waals surface area contributed by atoms with E-state index < -0.39 is 6.04 Å². The van der Waals surface area contributed by atoms with Gasteiger partial charge >= 0.3 is 0 Å². The fraction of sp³-hybridized carbons (Fsp3) is 0.300. The van der Waals surface area contributed by atoms with Gasteiger partial charge in [0.1, 0.15) is 11.6 Å². The van der Waals surface area contributed by atoms with E-state index in [0.29, 0.717) is 23.7 Å². The first-order chi connectivity index (χ1) is 12.9. The minimum Gasteiger partial charge on any atom is -0.497 e. The van der Waals surface area contributed by atoms with E-state index in [9.17, 15) is 14.0 Å². The Morgan fingerprint density at radius 1 is 1.04 bits per heavy atom. The molecule has 0 aliphatic rings. The largest absolute Gasteiger partial charge is 0.497 e. The molecule has 0 aliphatic heterocycles. The summed E-state index contributed by atoms with van der Waals surface area (Å²) in [6.45, 7) is 4.19. The zero-order chi connectivity index (χ0) is 19.8. The SMILES string of the molecule is CCN(CC(=O)Nc1ccc(OC)cc1)C(C)C(=O)Nc1ccc(F)cc1. The van der Waals surface area contributed by atoms with Crippen LogP contribution in [0.4, 0.5) is 15.8 Å². The van der Waals surface area contributed by atoms with Gasteiger partial charge in [-0.1, -0.05) is 6.92 Å². The third-order valence-corrected chi connectivity index (χ3v) is 4.17. The summed E-state index contributed by atoms with van der Waals surface area (Å²) < 4.78 is 18.0. The van der Waals surface area contributed by atoms with Crippen LogP contribution in [0, 0.1) is 5.82 Å². The minimum absolute atomic E-state index is 0.0700. The van der Waals surface area contributed by atoms with Crippen LogP contribution in [0.25, 0.3) is 0 Å². The van der Waals surface area contributed by atoms with Gasteiger partial charge in [0, 0.05) is 11.4 Å². The van der Waals surface area contributed by atoms with Crippen molar-refractivity contribution in [3.05, 3.63) is 54.3 Å². The second-order valence-electron chi connectivity index (χ2n) is 6.01. The molecule has 0 aromatic heterocycles. The molecule has 6 nitrogen and oxygen atoms in total. The number of ether oxygens (including phenoxy) is 1. The number of benzene rings is 2. The van der Waals surface area contributed by atoms with Crippen LogP contribution < -0.4 is 15.4 Å². The van der Waals surface area contributed by atoms with Crippen molar-refractivity contribution in [3.63, 3.8) is 0 Å². The number of amides is 2. The first-order valence-corrected chi connectivity index (χ1v) is 8.67. The van der Waals surface area contributed by atoms with E-state index in [2.05, 4.69) is 10.6 Å². The molecule has 0 radical (unpaired) electrons. The van der Waals surface area contributed by atoms with Crippen molar-refractivity contribution in [1.82, 2.24) is 4.90 Å². The molecule has 1 unspecified atom stereocenters. The average Bonchev–Trinajstić information content (AvgIpc) is 2.68. The Morgan fingerprint density at radius 3 is 2.15 bits per heavy atom. The van der Waals surface area contributed by atoms with Gasteiger partial charge < -0.3 is 15.4 Å². The van der Waals surface area contributed by atoms with Gasteiger partial charge in [0.2, 0.25) is 11.8 Å². The first-order valence-electron chi connectivity index (χ1n) is 8.67. The number of rotatable bonds is 8.